The largest absolute Gasteiger partial charge is 0.326 e. The van der Waals surface area contributed by atoms with Crippen LogP contribution in [0.1, 0.15) is 0 Å². The maximum Gasteiger partial charge on any atom is 0.326 e. The number of rotatable bonds is 0. The number of aromatic nitrogens is 2. The normalized spacial score (nSPS) is 10.7. The minimum absolute atomic E-state index is 0.352. The van der Waals surface area contributed by atoms with Gasteiger partial charge in [-0.2, -0.15) is 8.42 Å². The molecule has 0 unspecified atom stereocenters. The van der Waals surface area contributed by atoms with E-state index in [1.807, 2.05) is 0 Å². The van der Waals surface area contributed by atoms with Crippen molar-refractivity contribution >= 4 is 21.0 Å². The number of benzene rings is 1. The molecule has 3 N–H and O–H groups in total. The van der Waals surface area contributed by atoms with Gasteiger partial charge in [0.05, 0.1) is 17.2 Å². The van der Waals surface area contributed by atoms with Gasteiger partial charge in [-0.15, -0.1) is 0 Å². The Morgan fingerprint density at radius 2 is 1.65 bits per heavy atom. The van der Waals surface area contributed by atoms with Crippen molar-refractivity contribution in [3.8, 4) is 0 Å². The number of para-hydroxylation sites is 1. The lowest BCUT2D eigenvalue weighted by Crippen LogP contribution is -2.21. The van der Waals surface area contributed by atoms with Crippen LogP contribution in [0.2, 0.25) is 0 Å². The monoisotopic (exact) mass is 258 g/mol. The van der Waals surface area contributed by atoms with Gasteiger partial charge in [-0.3, -0.25) is 14.3 Å². The van der Waals surface area contributed by atoms with Crippen molar-refractivity contribution in [1.82, 2.24) is 9.97 Å². The zero-order chi connectivity index (χ0) is 13.1. The number of hydrogen-bond donors (Lipinski definition) is 3. The average molecular weight is 258 g/mol. The minimum Gasteiger partial charge on any atom is -0.307 e. The second-order valence-electron chi connectivity index (χ2n) is 3.19. The van der Waals surface area contributed by atoms with E-state index in [-0.39, 0.29) is 5.56 Å². The first-order valence-electron chi connectivity index (χ1n) is 4.41. The molecule has 8 heteroatoms. The summed E-state index contributed by atoms with van der Waals surface area (Å²) in [6.45, 7) is 0. The fraction of sp³-hybridized carbons (Fsp3) is 0.111. The molecule has 0 aliphatic carbocycles. The van der Waals surface area contributed by atoms with Crippen molar-refractivity contribution in [3.63, 3.8) is 0 Å². The Labute approximate surface area is 95.9 Å². The molecule has 1 aromatic carbocycles. The van der Waals surface area contributed by atoms with Crippen molar-refractivity contribution in [3.05, 3.63) is 45.1 Å². The second kappa shape index (κ2) is 4.93. The smallest absolute Gasteiger partial charge is 0.307 e. The van der Waals surface area contributed by atoms with E-state index in [0.717, 1.165) is 0 Å². The molecule has 0 amide bonds. The highest BCUT2D eigenvalue weighted by atomic mass is 32.2. The van der Waals surface area contributed by atoms with Gasteiger partial charge in [0.25, 0.3) is 15.7 Å². The van der Waals surface area contributed by atoms with Gasteiger partial charge in [-0.05, 0) is 12.1 Å². The number of hydrogen-bond acceptors (Lipinski definition) is 4. The molecule has 0 spiro atoms. The van der Waals surface area contributed by atoms with Crippen LogP contribution in [0.25, 0.3) is 10.9 Å². The molecule has 0 bridgehead atoms. The Morgan fingerprint density at radius 3 is 2.24 bits per heavy atom. The summed E-state index contributed by atoms with van der Waals surface area (Å²) in [7, 11) is -3.67. The van der Waals surface area contributed by atoms with Gasteiger partial charge >= 0.3 is 5.69 Å². The van der Waals surface area contributed by atoms with Crippen LogP contribution in [0.4, 0.5) is 0 Å². The molecule has 92 valence electrons. The fourth-order valence-electron chi connectivity index (χ4n) is 1.11. The minimum atomic E-state index is -3.67. The topological polar surface area (TPSA) is 120 Å². The zero-order valence-corrected chi connectivity index (χ0v) is 9.61. The zero-order valence-electron chi connectivity index (χ0n) is 8.80. The predicted octanol–water partition coefficient (Wildman–Crippen LogP) is -0.280. The molecule has 0 saturated carbocycles. The first kappa shape index (κ1) is 13.1. The molecular formula is C9H10N2O5S. The Morgan fingerprint density at radius 1 is 1.12 bits per heavy atom. The summed E-state index contributed by atoms with van der Waals surface area (Å²) in [5, 5.41) is 0.497. The Kier molecular flexibility index (Phi) is 3.81. The van der Waals surface area contributed by atoms with E-state index in [0.29, 0.717) is 17.2 Å². The van der Waals surface area contributed by atoms with Crippen LogP contribution in [0.15, 0.2) is 33.9 Å². The molecule has 0 saturated heterocycles. The van der Waals surface area contributed by atoms with Crippen LogP contribution >= 0.6 is 0 Å². The number of aromatic amines is 2. The molecule has 0 fully saturated rings. The third kappa shape index (κ3) is 4.62. The summed E-state index contributed by atoms with van der Waals surface area (Å²) in [6, 6.07) is 6.85. The summed E-state index contributed by atoms with van der Waals surface area (Å²) in [4.78, 5) is 26.6. The summed E-state index contributed by atoms with van der Waals surface area (Å²) in [5.74, 6) is 0. The Bertz CT molecular complexity index is 721. The fourth-order valence-corrected chi connectivity index (χ4v) is 1.11. The van der Waals surface area contributed by atoms with Crippen LogP contribution < -0.4 is 11.2 Å². The third-order valence-corrected chi connectivity index (χ3v) is 1.65. The maximum atomic E-state index is 11.1. The molecule has 0 atom stereocenters. The molecule has 7 nitrogen and oxygen atoms in total. The van der Waals surface area contributed by atoms with E-state index in [4.69, 9.17) is 4.55 Å². The van der Waals surface area contributed by atoms with E-state index in [1.165, 1.54) is 0 Å². The van der Waals surface area contributed by atoms with Crippen LogP contribution in [0.5, 0.6) is 0 Å². The van der Waals surface area contributed by atoms with Crippen molar-refractivity contribution in [2.45, 2.75) is 0 Å². The van der Waals surface area contributed by atoms with Crippen molar-refractivity contribution in [2.24, 2.45) is 0 Å². The molecule has 17 heavy (non-hydrogen) atoms. The highest BCUT2D eigenvalue weighted by Crippen LogP contribution is 2.01. The van der Waals surface area contributed by atoms with Crippen molar-refractivity contribution in [2.75, 3.05) is 6.26 Å². The summed E-state index contributed by atoms with van der Waals surface area (Å²) >= 11 is 0. The van der Waals surface area contributed by atoms with Gasteiger partial charge in [0.15, 0.2) is 0 Å². The molecule has 0 radical (unpaired) electrons. The van der Waals surface area contributed by atoms with Crippen LogP contribution in [0.3, 0.4) is 0 Å². The molecule has 0 aliphatic rings. The number of fused-ring (bicyclic) bond motifs is 1. The summed E-state index contributed by atoms with van der Waals surface area (Å²) in [5.41, 5.74) is -0.265. The summed E-state index contributed by atoms with van der Waals surface area (Å²) < 4.78 is 25.9. The van der Waals surface area contributed by atoms with Gasteiger partial charge in [0.1, 0.15) is 0 Å². The molecular weight excluding hydrogens is 248 g/mol. The van der Waals surface area contributed by atoms with Crippen LogP contribution in [-0.2, 0) is 10.1 Å². The Hall–Kier alpha value is -1.93. The molecule has 1 aromatic heterocycles. The number of nitrogens with one attached hydrogen (secondary N) is 2. The summed E-state index contributed by atoms with van der Waals surface area (Å²) in [6.07, 6.45) is 0.715. The molecule has 2 aromatic rings. The Balaban J connectivity index is 0.000000249. The standard InChI is InChI=1S/C8H6N2O2.CH4O3S/c11-7-5-3-1-2-4-6(5)9-8(12)10-7;1-5(2,3)4/h1-4H,(H2,9,10,11,12);1H3,(H,2,3,4). The second-order valence-corrected chi connectivity index (χ2v) is 4.65. The van der Waals surface area contributed by atoms with Crippen molar-refractivity contribution < 1.29 is 13.0 Å². The molecule has 1 heterocycles. The first-order chi connectivity index (χ1) is 7.77. The highest BCUT2D eigenvalue weighted by molar-refractivity contribution is 7.85. The number of H-pyrrole nitrogens is 2. The lowest BCUT2D eigenvalue weighted by Gasteiger charge is -1.92. The van der Waals surface area contributed by atoms with E-state index in [1.54, 1.807) is 24.3 Å². The lowest BCUT2D eigenvalue weighted by molar-refractivity contribution is 0.490. The lowest BCUT2D eigenvalue weighted by atomic mass is 10.2. The quantitative estimate of drug-likeness (QED) is 0.561. The van der Waals surface area contributed by atoms with Gasteiger partial charge < -0.3 is 4.98 Å². The molecule has 0 aliphatic heterocycles. The predicted molar refractivity (Wildman–Crippen MR) is 62.7 cm³/mol. The van der Waals surface area contributed by atoms with Gasteiger partial charge in [-0.1, -0.05) is 12.1 Å². The van der Waals surface area contributed by atoms with Gasteiger partial charge in [-0.25, -0.2) is 4.79 Å². The van der Waals surface area contributed by atoms with E-state index in [9.17, 15) is 18.0 Å². The van der Waals surface area contributed by atoms with E-state index >= 15 is 0 Å². The van der Waals surface area contributed by atoms with Gasteiger partial charge in [0.2, 0.25) is 0 Å². The highest BCUT2D eigenvalue weighted by Gasteiger charge is 1.96. The van der Waals surface area contributed by atoms with Crippen molar-refractivity contribution in [1.29, 1.82) is 0 Å². The van der Waals surface area contributed by atoms with Gasteiger partial charge in [0, 0.05) is 0 Å². The van der Waals surface area contributed by atoms with Crippen LogP contribution in [0, 0.1) is 0 Å². The van der Waals surface area contributed by atoms with Crippen LogP contribution in [-0.4, -0.2) is 29.2 Å². The average Bonchev–Trinajstić information content (AvgIpc) is 2.14. The SMILES string of the molecule is CS(=O)(=O)O.O=c1[nH]c(=O)c2ccccc2[nH]1. The van der Waals surface area contributed by atoms with E-state index in [2.05, 4.69) is 9.97 Å². The third-order valence-electron chi connectivity index (χ3n) is 1.65. The molecule has 2 rings (SSSR count). The van der Waals surface area contributed by atoms with E-state index < -0.39 is 15.8 Å². The first-order valence-corrected chi connectivity index (χ1v) is 6.26. The maximum absolute atomic E-state index is 11.1.